The monoisotopic (exact) mass is 426 g/mol. The van der Waals surface area contributed by atoms with Crippen molar-refractivity contribution in [1.29, 1.82) is 0 Å². The van der Waals surface area contributed by atoms with Crippen molar-refractivity contribution in [3.63, 3.8) is 0 Å². The number of pyridine rings is 2. The molecule has 4 rings (SSSR count). The Labute approximate surface area is 187 Å². The van der Waals surface area contributed by atoms with Crippen molar-refractivity contribution in [3.8, 4) is 0 Å². The summed E-state index contributed by atoms with van der Waals surface area (Å²) in [7, 11) is 0. The molecule has 3 heterocycles. The number of benzene rings is 1. The molecule has 0 aliphatic carbocycles. The van der Waals surface area contributed by atoms with E-state index < -0.39 is 0 Å². The number of nitrogens with zero attached hydrogens (tertiary/aromatic N) is 4. The minimum absolute atomic E-state index is 0.144. The van der Waals surface area contributed by atoms with E-state index in [1.807, 2.05) is 55.5 Å². The Kier molecular flexibility index (Phi) is 6.87. The fourth-order valence-electron chi connectivity index (χ4n) is 3.39. The molecule has 4 aromatic rings. The van der Waals surface area contributed by atoms with Crippen molar-refractivity contribution in [2.75, 3.05) is 23.3 Å². The molecule has 0 bridgehead atoms. The third-order valence-corrected chi connectivity index (χ3v) is 5.10. The SMILES string of the molecule is Cc1ccc(Cc2cnc(NCCN(Cc3ccccc3)c3ccccn3)[nH]c2=O)cn1. The highest BCUT2D eigenvalue weighted by Crippen LogP contribution is 2.14. The highest BCUT2D eigenvalue weighted by atomic mass is 16.1. The maximum Gasteiger partial charge on any atom is 0.255 e. The second-order valence-corrected chi connectivity index (χ2v) is 7.59. The van der Waals surface area contributed by atoms with Crippen LogP contribution in [0, 0.1) is 6.92 Å². The number of hydrogen-bond acceptors (Lipinski definition) is 6. The summed E-state index contributed by atoms with van der Waals surface area (Å²) in [5, 5.41) is 3.22. The van der Waals surface area contributed by atoms with Crippen LogP contribution in [0.25, 0.3) is 0 Å². The Hall–Kier alpha value is -4.00. The van der Waals surface area contributed by atoms with Crippen molar-refractivity contribution < 1.29 is 0 Å². The molecule has 3 aromatic heterocycles. The fraction of sp³-hybridized carbons (Fsp3) is 0.200. The van der Waals surface area contributed by atoms with Gasteiger partial charge in [-0.15, -0.1) is 0 Å². The van der Waals surface area contributed by atoms with Crippen LogP contribution in [0.3, 0.4) is 0 Å². The van der Waals surface area contributed by atoms with E-state index in [0.29, 0.717) is 31.0 Å². The first-order valence-electron chi connectivity index (χ1n) is 10.6. The number of aryl methyl sites for hydroxylation is 1. The molecule has 0 saturated carbocycles. The summed E-state index contributed by atoms with van der Waals surface area (Å²) in [6.45, 7) is 3.99. The molecule has 0 spiro atoms. The molecule has 0 atom stereocenters. The molecule has 2 N–H and O–H groups in total. The van der Waals surface area contributed by atoms with E-state index in [4.69, 9.17) is 0 Å². The zero-order valence-electron chi connectivity index (χ0n) is 18.0. The first-order chi connectivity index (χ1) is 15.7. The van der Waals surface area contributed by atoms with Crippen LogP contribution >= 0.6 is 0 Å². The fourth-order valence-corrected chi connectivity index (χ4v) is 3.39. The summed E-state index contributed by atoms with van der Waals surface area (Å²) >= 11 is 0. The van der Waals surface area contributed by atoms with Crippen molar-refractivity contribution >= 4 is 11.8 Å². The number of nitrogens with one attached hydrogen (secondary N) is 2. The number of hydrogen-bond donors (Lipinski definition) is 2. The molecule has 0 fully saturated rings. The lowest BCUT2D eigenvalue weighted by atomic mass is 10.1. The maximum absolute atomic E-state index is 12.5. The largest absolute Gasteiger partial charge is 0.354 e. The quantitative estimate of drug-likeness (QED) is 0.425. The molecule has 162 valence electrons. The van der Waals surface area contributed by atoms with Gasteiger partial charge in [0.25, 0.3) is 5.56 Å². The van der Waals surface area contributed by atoms with Crippen LogP contribution in [-0.4, -0.2) is 33.0 Å². The van der Waals surface area contributed by atoms with Gasteiger partial charge in [0.15, 0.2) is 0 Å². The van der Waals surface area contributed by atoms with Crippen LogP contribution < -0.4 is 15.8 Å². The molecule has 0 unspecified atom stereocenters. The summed E-state index contributed by atoms with van der Waals surface area (Å²) in [6.07, 6.45) is 5.71. The zero-order chi connectivity index (χ0) is 22.2. The smallest absolute Gasteiger partial charge is 0.255 e. The van der Waals surface area contributed by atoms with Crippen LogP contribution in [0.15, 0.2) is 84.0 Å². The summed E-state index contributed by atoms with van der Waals surface area (Å²) < 4.78 is 0. The van der Waals surface area contributed by atoms with Crippen molar-refractivity contribution in [2.45, 2.75) is 19.9 Å². The first-order valence-corrected chi connectivity index (χ1v) is 10.6. The van der Waals surface area contributed by atoms with Crippen LogP contribution in [0.1, 0.15) is 22.4 Å². The molecule has 0 amide bonds. The van der Waals surface area contributed by atoms with E-state index in [-0.39, 0.29) is 5.56 Å². The minimum atomic E-state index is -0.144. The lowest BCUT2D eigenvalue weighted by molar-refractivity contribution is 0.786. The standard InChI is InChI=1S/C25H26N6O/c1-19-10-11-21(16-28-19)15-22-17-29-25(30-24(22)32)27-13-14-31(23-9-5-6-12-26-23)18-20-7-3-2-4-8-20/h2-12,16-17H,13-15,18H2,1H3,(H2,27,29,30,32). The number of aromatic amines is 1. The number of rotatable bonds is 9. The average Bonchev–Trinajstić information content (AvgIpc) is 2.83. The van der Waals surface area contributed by atoms with Crippen molar-refractivity contribution in [1.82, 2.24) is 19.9 Å². The van der Waals surface area contributed by atoms with Crippen LogP contribution in [-0.2, 0) is 13.0 Å². The molecule has 0 radical (unpaired) electrons. The van der Waals surface area contributed by atoms with Crippen molar-refractivity contribution in [2.24, 2.45) is 0 Å². The maximum atomic E-state index is 12.5. The van der Waals surface area contributed by atoms with Gasteiger partial charge in [0.05, 0.1) is 0 Å². The van der Waals surface area contributed by atoms with E-state index in [1.165, 1.54) is 5.56 Å². The summed E-state index contributed by atoms with van der Waals surface area (Å²) in [5.74, 6) is 1.36. The van der Waals surface area contributed by atoms with E-state index in [0.717, 1.165) is 23.6 Å². The molecule has 0 aliphatic rings. The molecule has 7 heteroatoms. The highest BCUT2D eigenvalue weighted by Gasteiger charge is 2.09. The summed E-state index contributed by atoms with van der Waals surface area (Å²) in [6, 6.07) is 20.1. The molecule has 32 heavy (non-hydrogen) atoms. The number of anilines is 2. The number of H-pyrrole nitrogens is 1. The first kappa shape index (κ1) is 21.2. The molecule has 0 aliphatic heterocycles. The molecule has 1 aromatic carbocycles. The zero-order valence-corrected chi connectivity index (χ0v) is 18.0. The van der Waals surface area contributed by atoms with Crippen LogP contribution in [0.4, 0.5) is 11.8 Å². The van der Waals surface area contributed by atoms with Gasteiger partial charge < -0.3 is 10.2 Å². The third-order valence-electron chi connectivity index (χ3n) is 5.10. The molecule has 0 saturated heterocycles. The van der Waals surface area contributed by atoms with Gasteiger partial charge in [0.1, 0.15) is 5.82 Å². The number of aromatic nitrogens is 4. The summed E-state index contributed by atoms with van der Waals surface area (Å²) in [5.41, 5.74) is 3.61. The Morgan fingerprint density at radius 2 is 1.75 bits per heavy atom. The molecular formula is C25H26N6O. The van der Waals surface area contributed by atoms with E-state index >= 15 is 0 Å². The van der Waals surface area contributed by atoms with Gasteiger partial charge in [0.2, 0.25) is 5.95 Å². The predicted octanol–water partition coefficient (Wildman–Crippen LogP) is 3.58. The lowest BCUT2D eigenvalue weighted by Crippen LogP contribution is -2.30. The second kappa shape index (κ2) is 10.3. The average molecular weight is 427 g/mol. The van der Waals surface area contributed by atoms with Gasteiger partial charge in [-0.05, 0) is 36.2 Å². The Morgan fingerprint density at radius 3 is 2.47 bits per heavy atom. The normalized spacial score (nSPS) is 10.7. The Balaban J connectivity index is 1.38. The van der Waals surface area contributed by atoms with Gasteiger partial charge in [-0.1, -0.05) is 42.5 Å². The van der Waals surface area contributed by atoms with E-state index in [1.54, 1.807) is 18.6 Å². The van der Waals surface area contributed by atoms with Gasteiger partial charge >= 0.3 is 0 Å². The van der Waals surface area contributed by atoms with E-state index in [9.17, 15) is 4.79 Å². The Bertz CT molecular complexity index is 1180. The second-order valence-electron chi connectivity index (χ2n) is 7.59. The topological polar surface area (TPSA) is 86.8 Å². The van der Waals surface area contributed by atoms with Crippen LogP contribution in [0.5, 0.6) is 0 Å². The van der Waals surface area contributed by atoms with Crippen LogP contribution in [0.2, 0.25) is 0 Å². The van der Waals surface area contributed by atoms with Gasteiger partial charge in [-0.3, -0.25) is 14.8 Å². The molecular weight excluding hydrogens is 400 g/mol. The Morgan fingerprint density at radius 1 is 0.906 bits per heavy atom. The molecule has 7 nitrogen and oxygen atoms in total. The highest BCUT2D eigenvalue weighted by molar-refractivity contribution is 5.40. The lowest BCUT2D eigenvalue weighted by Gasteiger charge is -2.24. The van der Waals surface area contributed by atoms with E-state index in [2.05, 4.69) is 42.3 Å². The van der Waals surface area contributed by atoms with Gasteiger partial charge in [0, 0.05) is 55.9 Å². The third kappa shape index (κ3) is 5.78. The predicted molar refractivity (Wildman–Crippen MR) is 127 cm³/mol. The van der Waals surface area contributed by atoms with Gasteiger partial charge in [-0.25, -0.2) is 9.97 Å². The van der Waals surface area contributed by atoms with Crippen molar-refractivity contribution in [3.05, 3.63) is 112 Å². The summed E-state index contributed by atoms with van der Waals surface area (Å²) in [4.78, 5) is 30.7. The minimum Gasteiger partial charge on any atom is -0.354 e. The van der Waals surface area contributed by atoms with Gasteiger partial charge in [-0.2, -0.15) is 0 Å².